The molecule has 0 bridgehead atoms. The average Bonchev–Trinajstić information content (AvgIpc) is 2.96. The van der Waals surface area contributed by atoms with Gasteiger partial charge in [-0.2, -0.15) is 0 Å². The largest absolute Gasteiger partial charge is 0.493 e. The Bertz CT molecular complexity index is 742. The molecule has 5 heteroatoms. The third kappa shape index (κ3) is 2.91. The third-order valence-corrected chi connectivity index (χ3v) is 4.14. The highest BCUT2D eigenvalue weighted by Gasteiger charge is 2.30. The van der Waals surface area contributed by atoms with E-state index in [9.17, 15) is 4.79 Å². The molecule has 0 spiro atoms. The van der Waals surface area contributed by atoms with Crippen molar-refractivity contribution in [3.8, 4) is 17.4 Å². The van der Waals surface area contributed by atoms with Gasteiger partial charge < -0.3 is 18.6 Å². The summed E-state index contributed by atoms with van der Waals surface area (Å²) in [5, 5.41) is 0. The Labute approximate surface area is 135 Å². The Morgan fingerprint density at radius 3 is 2.78 bits per heavy atom. The summed E-state index contributed by atoms with van der Waals surface area (Å²) in [6.45, 7) is 7.11. The number of ether oxygens (including phenoxy) is 3. The third-order valence-electron chi connectivity index (χ3n) is 4.14. The van der Waals surface area contributed by atoms with Crippen molar-refractivity contribution in [2.24, 2.45) is 0 Å². The van der Waals surface area contributed by atoms with Crippen molar-refractivity contribution in [1.82, 2.24) is 0 Å². The van der Waals surface area contributed by atoms with Gasteiger partial charge in [0.15, 0.2) is 0 Å². The maximum absolute atomic E-state index is 11.4. The molecule has 1 aliphatic rings. The molecule has 0 N–H and O–H groups in total. The molecule has 0 saturated carbocycles. The van der Waals surface area contributed by atoms with Crippen LogP contribution in [0.4, 0.5) is 0 Å². The van der Waals surface area contributed by atoms with Crippen LogP contribution >= 0.6 is 0 Å². The van der Waals surface area contributed by atoms with Gasteiger partial charge in [-0.15, -0.1) is 0 Å². The van der Waals surface area contributed by atoms with E-state index >= 15 is 0 Å². The lowest BCUT2D eigenvalue weighted by molar-refractivity contribution is 0.0560. The summed E-state index contributed by atoms with van der Waals surface area (Å²) in [4.78, 5) is 11.4. The van der Waals surface area contributed by atoms with Gasteiger partial charge in [-0.05, 0) is 42.5 Å². The highest BCUT2D eigenvalue weighted by atomic mass is 16.6. The minimum Gasteiger partial charge on any atom is -0.493 e. The molecule has 122 valence electrons. The Morgan fingerprint density at radius 2 is 2.04 bits per heavy atom. The fraction of sp³-hybridized carbons (Fsp3) is 0.389. The number of fused-ring (bicyclic) bond motifs is 1. The Morgan fingerprint density at radius 1 is 1.26 bits per heavy atom. The van der Waals surface area contributed by atoms with Crippen molar-refractivity contribution in [2.45, 2.75) is 32.6 Å². The van der Waals surface area contributed by atoms with Crippen molar-refractivity contribution >= 4 is 5.97 Å². The van der Waals surface area contributed by atoms with Crippen molar-refractivity contribution in [3.63, 3.8) is 0 Å². The van der Waals surface area contributed by atoms with E-state index in [2.05, 4.69) is 18.6 Å². The van der Waals surface area contributed by atoms with E-state index in [1.807, 2.05) is 19.1 Å². The van der Waals surface area contributed by atoms with E-state index in [0.29, 0.717) is 5.75 Å². The summed E-state index contributed by atoms with van der Waals surface area (Å²) in [5.41, 5.74) is 2.17. The number of esters is 1. The minimum atomic E-state index is -0.531. The predicted octanol–water partition coefficient (Wildman–Crippen LogP) is 4.23. The number of methoxy groups -OCH3 is 1. The molecule has 2 aromatic rings. The van der Waals surface area contributed by atoms with E-state index < -0.39 is 5.97 Å². The Kier molecular flexibility index (Phi) is 3.80. The van der Waals surface area contributed by atoms with Crippen molar-refractivity contribution < 1.29 is 23.4 Å². The first-order chi connectivity index (χ1) is 10.9. The van der Waals surface area contributed by atoms with Crippen LogP contribution in [-0.4, -0.2) is 19.7 Å². The number of carbonyl (C=O) groups is 1. The van der Waals surface area contributed by atoms with Crippen molar-refractivity contribution in [1.29, 1.82) is 0 Å². The maximum Gasteiger partial charge on any atom is 0.374 e. The molecule has 0 atom stereocenters. The lowest BCUT2D eigenvalue weighted by atomic mass is 9.79. The van der Waals surface area contributed by atoms with Crippen LogP contribution in [-0.2, 0) is 10.2 Å². The summed E-state index contributed by atoms with van der Waals surface area (Å²) < 4.78 is 21.5. The molecular weight excluding hydrogens is 296 g/mol. The van der Waals surface area contributed by atoms with Crippen LogP contribution in [0.25, 0.3) is 0 Å². The number of hydrogen-bond acceptors (Lipinski definition) is 5. The average molecular weight is 316 g/mol. The van der Waals surface area contributed by atoms with Gasteiger partial charge in [0.25, 0.3) is 5.95 Å². The summed E-state index contributed by atoms with van der Waals surface area (Å²) in [7, 11) is 1.31. The molecule has 0 radical (unpaired) electrons. The summed E-state index contributed by atoms with van der Waals surface area (Å²) in [6.07, 6.45) is 0.954. The van der Waals surface area contributed by atoms with Gasteiger partial charge in [0, 0.05) is 11.6 Å². The van der Waals surface area contributed by atoms with E-state index in [0.717, 1.165) is 29.9 Å². The molecule has 23 heavy (non-hydrogen) atoms. The van der Waals surface area contributed by atoms with E-state index in [1.54, 1.807) is 6.07 Å². The monoisotopic (exact) mass is 316 g/mol. The second-order valence-electron chi connectivity index (χ2n) is 6.31. The quantitative estimate of drug-likeness (QED) is 0.793. The van der Waals surface area contributed by atoms with Crippen molar-refractivity contribution in [2.75, 3.05) is 13.7 Å². The number of rotatable bonds is 3. The van der Waals surface area contributed by atoms with Gasteiger partial charge in [-0.25, -0.2) is 4.79 Å². The molecule has 5 nitrogen and oxygen atoms in total. The van der Waals surface area contributed by atoms with Gasteiger partial charge in [0.05, 0.1) is 13.7 Å². The van der Waals surface area contributed by atoms with Gasteiger partial charge in [0.1, 0.15) is 11.5 Å². The normalized spacial score (nSPS) is 15.5. The number of furan rings is 1. The highest BCUT2D eigenvalue weighted by molar-refractivity contribution is 5.86. The van der Waals surface area contributed by atoms with Gasteiger partial charge >= 0.3 is 5.97 Å². The van der Waals surface area contributed by atoms with Crippen LogP contribution in [0, 0.1) is 6.92 Å². The summed E-state index contributed by atoms with van der Waals surface area (Å²) >= 11 is 0. The second-order valence-corrected chi connectivity index (χ2v) is 6.31. The lowest BCUT2D eigenvalue weighted by Gasteiger charge is -2.33. The van der Waals surface area contributed by atoms with Crippen LogP contribution in [0.15, 0.2) is 28.7 Å². The Balaban J connectivity index is 1.91. The van der Waals surface area contributed by atoms with Gasteiger partial charge in [-0.3, -0.25) is 0 Å². The molecule has 1 aromatic carbocycles. The first-order valence-corrected chi connectivity index (χ1v) is 7.54. The zero-order valence-corrected chi connectivity index (χ0v) is 13.8. The van der Waals surface area contributed by atoms with Crippen LogP contribution in [0.3, 0.4) is 0 Å². The van der Waals surface area contributed by atoms with E-state index in [1.165, 1.54) is 13.2 Å². The molecule has 0 fully saturated rings. The van der Waals surface area contributed by atoms with E-state index in [4.69, 9.17) is 13.9 Å². The number of benzene rings is 1. The molecule has 0 saturated heterocycles. The smallest absolute Gasteiger partial charge is 0.374 e. The Hall–Kier alpha value is -2.43. The highest BCUT2D eigenvalue weighted by Crippen LogP contribution is 2.43. The second kappa shape index (κ2) is 5.65. The van der Waals surface area contributed by atoms with Crippen molar-refractivity contribution in [3.05, 3.63) is 41.2 Å². The zero-order valence-electron chi connectivity index (χ0n) is 13.8. The molecule has 0 unspecified atom stereocenters. The van der Waals surface area contributed by atoms with Crippen LogP contribution in [0.2, 0.25) is 0 Å². The number of carbonyl (C=O) groups excluding carboxylic acids is 1. The first kappa shape index (κ1) is 15.5. The summed E-state index contributed by atoms with van der Waals surface area (Å²) in [5.74, 6) is 1.42. The molecule has 3 rings (SSSR count). The fourth-order valence-electron chi connectivity index (χ4n) is 2.74. The zero-order chi connectivity index (χ0) is 16.6. The van der Waals surface area contributed by atoms with Crippen LogP contribution < -0.4 is 9.47 Å². The summed E-state index contributed by atoms with van der Waals surface area (Å²) in [6, 6.07) is 7.00. The van der Waals surface area contributed by atoms with Gasteiger partial charge in [-0.1, -0.05) is 13.8 Å². The molecule has 2 heterocycles. The minimum absolute atomic E-state index is 0.0258. The molecular formula is C18H20O5. The lowest BCUT2D eigenvalue weighted by Crippen LogP contribution is -2.27. The number of aryl methyl sites for hydroxylation is 1. The molecule has 1 aromatic heterocycles. The molecule has 1 aliphatic heterocycles. The standard InChI is InChI=1S/C18H20O5/c1-11-9-12(10-13-16(11)21-8-7-18(13,2)3)22-15-6-5-14(23-15)17(19)20-4/h5-6,9-10H,7-8H2,1-4H3. The topological polar surface area (TPSA) is 57.9 Å². The maximum atomic E-state index is 11.4. The number of hydrogen-bond donors (Lipinski definition) is 0. The first-order valence-electron chi connectivity index (χ1n) is 7.54. The van der Waals surface area contributed by atoms with Gasteiger partial charge in [0.2, 0.25) is 5.76 Å². The predicted molar refractivity (Wildman–Crippen MR) is 84.4 cm³/mol. The van der Waals surface area contributed by atoms with Crippen LogP contribution in [0.1, 0.15) is 41.9 Å². The SMILES string of the molecule is COC(=O)c1ccc(Oc2cc(C)c3c(c2)C(C)(C)CCO3)o1. The molecule has 0 amide bonds. The fourth-order valence-corrected chi connectivity index (χ4v) is 2.74. The molecule has 0 aliphatic carbocycles. The van der Waals surface area contributed by atoms with E-state index in [-0.39, 0.29) is 17.1 Å². The van der Waals surface area contributed by atoms with Crippen LogP contribution in [0.5, 0.6) is 17.4 Å².